The van der Waals surface area contributed by atoms with E-state index in [-0.39, 0.29) is 12.1 Å². The molecule has 0 bridgehead atoms. The molecular weight excluding hydrogens is 609 g/mol. The van der Waals surface area contributed by atoms with E-state index in [0.717, 1.165) is 0 Å². The first-order valence-electron chi connectivity index (χ1n) is 7.94. The van der Waals surface area contributed by atoms with Gasteiger partial charge in [0.25, 0.3) is 0 Å². The van der Waals surface area contributed by atoms with Crippen LogP contribution >= 0.6 is 23.0 Å². The van der Waals surface area contributed by atoms with Crippen LogP contribution in [0.5, 0.6) is 0 Å². The first-order valence-corrected chi connectivity index (χ1v) is 8.82. The third kappa shape index (κ3) is 5.40. The van der Waals surface area contributed by atoms with E-state index in [1.807, 2.05) is 0 Å². The second-order valence-corrected chi connectivity index (χ2v) is 6.85. The summed E-state index contributed by atoms with van der Waals surface area (Å²) in [6.45, 7) is 0. The molecule has 1 N–H and O–H groups in total. The van der Waals surface area contributed by atoms with Crippen LogP contribution in [0.2, 0.25) is 0 Å². The molecule has 33 heavy (non-hydrogen) atoms. The van der Waals surface area contributed by atoms with Crippen LogP contribution in [0.4, 0.5) is 58.4 Å². The summed E-state index contributed by atoms with van der Waals surface area (Å²) < 4.78 is 163. The van der Waals surface area contributed by atoms with Crippen molar-refractivity contribution in [2.45, 2.75) is 37.0 Å². The summed E-state index contributed by atoms with van der Waals surface area (Å²) in [6.07, 6.45) is -28.9. The monoisotopic (exact) mass is 615 g/mol. The Labute approximate surface area is 188 Å². The van der Waals surface area contributed by atoms with Gasteiger partial charge in [-0.05, 0) is 12.1 Å². The Morgan fingerprint density at radius 3 is 1.70 bits per heavy atom. The third-order valence-electron chi connectivity index (χ3n) is 4.25. The van der Waals surface area contributed by atoms with E-state index in [1.54, 1.807) is 0 Å². The lowest BCUT2D eigenvalue weighted by atomic mass is 9.94. The van der Waals surface area contributed by atoms with Gasteiger partial charge in [0, 0.05) is 0 Å². The number of hydrazone groups is 1. The lowest BCUT2D eigenvalue weighted by molar-refractivity contribution is -0.203. The molecule has 1 aliphatic heterocycles. The van der Waals surface area contributed by atoms with Crippen molar-refractivity contribution in [2.75, 3.05) is 5.01 Å². The standard InChI is InChI=1S/C15H6F12IN3O2/c16-12(17,18)6-1-4(2-7(5(6)3-29)13(19,20)21)31-11(32)8(9(30-31)14(22,23)24)10(33-28)15(25,26)27/h1-2,8,10-11,32H. The summed E-state index contributed by atoms with van der Waals surface area (Å²) in [6, 6.07) is 0.197. The van der Waals surface area contributed by atoms with Crippen LogP contribution in [0.1, 0.15) is 16.7 Å². The van der Waals surface area contributed by atoms with E-state index in [1.165, 1.54) is 0 Å². The number of hydrogen-bond acceptors (Lipinski definition) is 5. The minimum Gasteiger partial charge on any atom is -0.371 e. The van der Waals surface area contributed by atoms with Gasteiger partial charge in [0.1, 0.15) is 29.1 Å². The molecule has 3 unspecified atom stereocenters. The second-order valence-electron chi connectivity index (χ2n) is 6.34. The molecule has 0 aliphatic carbocycles. The number of aliphatic hydroxyl groups excluding tert-OH is 1. The summed E-state index contributed by atoms with van der Waals surface area (Å²) in [5.41, 5.74) is -10.3. The van der Waals surface area contributed by atoms with Crippen LogP contribution in [0.25, 0.3) is 0 Å². The zero-order chi connectivity index (χ0) is 25.7. The lowest BCUT2D eigenvalue weighted by Gasteiger charge is -2.29. The molecule has 0 spiro atoms. The molecule has 0 aromatic heterocycles. The van der Waals surface area contributed by atoms with Gasteiger partial charge in [-0.15, -0.1) is 0 Å². The Balaban J connectivity index is 2.81. The maximum Gasteiger partial charge on any atom is 0.431 e. The van der Waals surface area contributed by atoms with Gasteiger partial charge in [-0.3, -0.25) is 0 Å². The minimum atomic E-state index is -5.69. The number of nitrogens with zero attached hydrogens (tertiary/aromatic N) is 3. The van der Waals surface area contributed by atoms with Gasteiger partial charge in [-0.1, -0.05) is 0 Å². The fraction of sp³-hybridized carbons (Fsp3) is 0.467. The van der Waals surface area contributed by atoms with Crippen molar-refractivity contribution in [3.63, 3.8) is 0 Å². The topological polar surface area (TPSA) is 68.9 Å². The molecule has 1 aromatic rings. The van der Waals surface area contributed by atoms with Gasteiger partial charge in [0.15, 0.2) is 18.0 Å². The van der Waals surface area contributed by atoms with Crippen molar-refractivity contribution in [3.05, 3.63) is 28.8 Å². The first kappa shape index (κ1) is 27.2. The van der Waals surface area contributed by atoms with Crippen molar-refractivity contribution in [1.82, 2.24) is 0 Å². The van der Waals surface area contributed by atoms with Gasteiger partial charge in [-0.25, -0.2) is 5.01 Å². The van der Waals surface area contributed by atoms with E-state index in [2.05, 4.69) is 8.17 Å². The molecule has 1 heterocycles. The Morgan fingerprint density at radius 2 is 1.39 bits per heavy atom. The average molecular weight is 615 g/mol. The van der Waals surface area contributed by atoms with Crippen LogP contribution in [0.3, 0.4) is 0 Å². The zero-order valence-corrected chi connectivity index (χ0v) is 17.2. The van der Waals surface area contributed by atoms with Crippen molar-refractivity contribution in [1.29, 1.82) is 5.26 Å². The van der Waals surface area contributed by atoms with E-state index < -0.39 is 76.1 Å². The quantitative estimate of drug-likeness (QED) is 0.357. The minimum absolute atomic E-state index is 0.246. The number of rotatable bonds is 3. The van der Waals surface area contributed by atoms with Gasteiger partial charge >= 0.3 is 24.7 Å². The maximum absolute atomic E-state index is 13.3. The SMILES string of the molecule is N#Cc1c(C(F)(F)F)cc(N2N=C(C(F)(F)F)C(C(OI)C(F)(F)F)C2O)cc1C(F)(F)F. The summed E-state index contributed by atoms with van der Waals surface area (Å²) >= 11 is 0.570. The molecule has 2 rings (SSSR count). The Hall–Kier alpha value is -2.01. The number of anilines is 1. The highest BCUT2D eigenvalue weighted by molar-refractivity contribution is 14.1. The number of halogens is 13. The van der Waals surface area contributed by atoms with Crippen molar-refractivity contribution in [2.24, 2.45) is 11.0 Å². The van der Waals surface area contributed by atoms with Crippen LogP contribution < -0.4 is 5.01 Å². The fourth-order valence-electron chi connectivity index (χ4n) is 2.93. The number of aliphatic hydroxyl groups is 1. The first-order chi connectivity index (χ1) is 14.7. The number of hydrogen-bond donors (Lipinski definition) is 1. The summed E-state index contributed by atoms with van der Waals surface area (Å²) in [7, 11) is 0. The van der Waals surface area contributed by atoms with E-state index in [9.17, 15) is 57.8 Å². The Morgan fingerprint density at radius 1 is 0.939 bits per heavy atom. The highest BCUT2D eigenvalue weighted by Crippen LogP contribution is 2.46. The molecule has 1 aliphatic rings. The summed E-state index contributed by atoms with van der Waals surface area (Å²) in [5.74, 6) is -3.10. The Kier molecular flexibility index (Phi) is 7.14. The highest BCUT2D eigenvalue weighted by Gasteiger charge is 2.60. The highest BCUT2D eigenvalue weighted by atomic mass is 127. The normalized spacial score (nSPS) is 21.1. The van der Waals surface area contributed by atoms with Crippen molar-refractivity contribution in [3.8, 4) is 6.07 Å². The number of alkyl halides is 12. The second kappa shape index (κ2) is 8.65. The van der Waals surface area contributed by atoms with Gasteiger partial charge in [0.05, 0.1) is 28.3 Å². The molecule has 5 nitrogen and oxygen atoms in total. The van der Waals surface area contributed by atoms with Gasteiger partial charge < -0.3 is 8.17 Å². The average Bonchev–Trinajstić information content (AvgIpc) is 2.96. The zero-order valence-electron chi connectivity index (χ0n) is 15.0. The lowest BCUT2D eigenvalue weighted by Crippen LogP contribution is -2.49. The van der Waals surface area contributed by atoms with Crippen LogP contribution in [0, 0.1) is 17.2 Å². The maximum atomic E-state index is 13.3. The predicted octanol–water partition coefficient (Wildman–Crippen LogP) is 5.57. The molecule has 1 aromatic carbocycles. The predicted molar refractivity (Wildman–Crippen MR) is 91.6 cm³/mol. The van der Waals surface area contributed by atoms with Crippen LogP contribution in [-0.4, -0.2) is 35.5 Å². The number of benzene rings is 1. The molecule has 3 atom stereocenters. The smallest absolute Gasteiger partial charge is 0.371 e. The molecular formula is C15H6F12IN3O2. The molecule has 0 amide bonds. The van der Waals surface area contributed by atoms with Crippen molar-refractivity contribution >= 4 is 34.4 Å². The molecule has 0 saturated carbocycles. The van der Waals surface area contributed by atoms with Gasteiger partial charge in [-0.2, -0.15) is 63.0 Å². The fourth-order valence-corrected chi connectivity index (χ4v) is 3.53. The molecule has 184 valence electrons. The van der Waals surface area contributed by atoms with Crippen LogP contribution in [0.15, 0.2) is 17.2 Å². The molecule has 0 radical (unpaired) electrons. The van der Waals surface area contributed by atoms with Crippen LogP contribution in [-0.2, 0) is 15.4 Å². The third-order valence-corrected chi connectivity index (χ3v) is 4.80. The largest absolute Gasteiger partial charge is 0.431 e. The molecule has 0 saturated heterocycles. The van der Waals surface area contributed by atoms with E-state index >= 15 is 0 Å². The number of nitriles is 1. The molecule has 18 heteroatoms. The summed E-state index contributed by atoms with van der Waals surface area (Å²) in [5, 5.41) is 21.1. The van der Waals surface area contributed by atoms with Gasteiger partial charge in [0.2, 0.25) is 0 Å². The summed E-state index contributed by atoms with van der Waals surface area (Å²) in [4.78, 5) is 0. The Bertz CT molecular complexity index is 942. The van der Waals surface area contributed by atoms with E-state index in [0.29, 0.717) is 29.1 Å². The molecule has 0 fully saturated rings. The van der Waals surface area contributed by atoms with E-state index in [4.69, 9.17) is 5.26 Å². The van der Waals surface area contributed by atoms with Crippen molar-refractivity contribution < 1.29 is 60.9 Å².